The van der Waals surface area contributed by atoms with Crippen molar-refractivity contribution in [1.82, 2.24) is 0 Å². The molecule has 3 saturated heterocycles. The molecule has 0 aromatic carbocycles. The second kappa shape index (κ2) is 7.95. The highest BCUT2D eigenvalue weighted by molar-refractivity contribution is 5.93. The van der Waals surface area contributed by atoms with Gasteiger partial charge in [-0.25, -0.2) is 14.4 Å². The molecule has 0 unspecified atom stereocenters. The van der Waals surface area contributed by atoms with E-state index in [1.807, 2.05) is 6.92 Å². The van der Waals surface area contributed by atoms with Crippen molar-refractivity contribution in [2.45, 2.75) is 82.3 Å². The Morgan fingerprint density at radius 1 is 1.18 bits per heavy atom. The van der Waals surface area contributed by atoms with Gasteiger partial charge in [-0.1, -0.05) is 12.7 Å². The van der Waals surface area contributed by atoms with Gasteiger partial charge in [0.05, 0.1) is 30.3 Å². The van der Waals surface area contributed by atoms with Crippen molar-refractivity contribution in [2.75, 3.05) is 7.11 Å². The predicted octanol–water partition coefficient (Wildman–Crippen LogP) is 1.16. The number of allylic oxidation sites excluding steroid dienone is 1. The third-order valence-corrected chi connectivity index (χ3v) is 6.97. The van der Waals surface area contributed by atoms with Gasteiger partial charge in [0.1, 0.15) is 12.2 Å². The third-order valence-electron chi connectivity index (χ3n) is 6.97. The summed E-state index contributed by atoms with van der Waals surface area (Å²) in [5.41, 5.74) is -1.77. The normalized spacial score (nSPS) is 43.1. The van der Waals surface area contributed by atoms with Crippen molar-refractivity contribution in [2.24, 2.45) is 5.92 Å². The maximum absolute atomic E-state index is 13.0. The SMILES string of the molecule is C=C1C(=O)O[C@H]2[C@H]1[C@H](OC(C)=O)[C@@H](OC(=O)[C@@]1(C)O[C@H]1C)/C(C(=O)OC)=C\CC[C@@]1(C)O[C@@H]21. The number of fused-ring (bicyclic) bond motifs is 3. The standard InChI is InChI=1S/C23H28O10/c1-10-14-16(29-12(3)24)15(31-21(27)23(5)11(2)32-23)13(20(26)28-6)8-7-9-22(4)18(33-22)17(14)30-19(10)25/h8,11,14-18H,1,7,9H2,2-6H3/b13-8+/t11-,14+,15-,16-,17-,18-,22+,23-/m0/s1. The Balaban J connectivity index is 1.82. The monoisotopic (exact) mass is 464 g/mol. The lowest BCUT2D eigenvalue weighted by atomic mass is 9.80. The Kier molecular flexibility index (Phi) is 5.65. The molecular formula is C23H28O10. The zero-order valence-corrected chi connectivity index (χ0v) is 19.2. The first kappa shape index (κ1) is 23.4. The minimum absolute atomic E-state index is 0.0115. The molecule has 0 spiro atoms. The van der Waals surface area contributed by atoms with E-state index in [9.17, 15) is 19.2 Å². The molecule has 0 amide bonds. The van der Waals surface area contributed by atoms with Crippen LogP contribution in [0.3, 0.4) is 0 Å². The molecule has 4 aliphatic rings. The molecule has 0 N–H and O–H groups in total. The average molecular weight is 464 g/mol. The molecule has 8 atom stereocenters. The minimum Gasteiger partial charge on any atom is -0.466 e. The molecule has 10 nitrogen and oxygen atoms in total. The Morgan fingerprint density at radius 3 is 2.42 bits per heavy atom. The number of rotatable bonds is 4. The van der Waals surface area contributed by atoms with Crippen LogP contribution >= 0.6 is 0 Å². The Morgan fingerprint density at radius 2 is 1.85 bits per heavy atom. The first-order valence-corrected chi connectivity index (χ1v) is 10.8. The second-order valence-electron chi connectivity index (χ2n) is 9.23. The van der Waals surface area contributed by atoms with E-state index in [0.29, 0.717) is 12.8 Å². The largest absolute Gasteiger partial charge is 0.466 e. The van der Waals surface area contributed by atoms with Gasteiger partial charge in [0.15, 0.2) is 17.8 Å². The topological polar surface area (TPSA) is 130 Å². The summed E-state index contributed by atoms with van der Waals surface area (Å²) in [4.78, 5) is 50.4. The van der Waals surface area contributed by atoms with Gasteiger partial charge >= 0.3 is 23.9 Å². The lowest BCUT2D eigenvalue weighted by molar-refractivity contribution is -0.174. The van der Waals surface area contributed by atoms with Crippen molar-refractivity contribution in [1.29, 1.82) is 0 Å². The molecule has 0 bridgehead atoms. The van der Waals surface area contributed by atoms with Crippen molar-refractivity contribution < 1.29 is 47.6 Å². The van der Waals surface area contributed by atoms with Crippen molar-refractivity contribution in [3.63, 3.8) is 0 Å². The first-order chi connectivity index (χ1) is 15.4. The molecule has 0 aromatic rings. The molecule has 180 valence electrons. The summed E-state index contributed by atoms with van der Waals surface area (Å²) in [6, 6.07) is 0. The maximum Gasteiger partial charge on any atom is 0.341 e. The van der Waals surface area contributed by atoms with Gasteiger partial charge in [-0.05, 0) is 33.6 Å². The molecule has 1 aliphatic carbocycles. The molecular weight excluding hydrogens is 436 g/mol. The highest BCUT2D eigenvalue weighted by Crippen LogP contribution is 2.51. The number of ether oxygens (including phenoxy) is 6. The van der Waals surface area contributed by atoms with Crippen LogP contribution in [0.4, 0.5) is 0 Å². The Bertz CT molecular complexity index is 953. The number of carbonyl (C=O) groups is 4. The van der Waals surface area contributed by atoms with Crippen molar-refractivity contribution in [3.05, 3.63) is 23.8 Å². The van der Waals surface area contributed by atoms with Crippen LogP contribution in [0.2, 0.25) is 0 Å². The first-order valence-electron chi connectivity index (χ1n) is 10.8. The van der Waals surface area contributed by atoms with Crippen LogP contribution < -0.4 is 0 Å². The number of epoxide rings is 2. The van der Waals surface area contributed by atoms with Crippen molar-refractivity contribution >= 4 is 23.9 Å². The van der Waals surface area contributed by atoms with Gasteiger partial charge in [0.25, 0.3) is 0 Å². The van der Waals surface area contributed by atoms with Crippen LogP contribution in [0.15, 0.2) is 23.8 Å². The van der Waals surface area contributed by atoms with E-state index in [2.05, 4.69) is 6.58 Å². The summed E-state index contributed by atoms with van der Waals surface area (Å²) in [5.74, 6) is -3.77. The fourth-order valence-electron chi connectivity index (χ4n) is 4.66. The smallest absolute Gasteiger partial charge is 0.341 e. The van der Waals surface area contributed by atoms with Crippen LogP contribution in [0.5, 0.6) is 0 Å². The van der Waals surface area contributed by atoms with Crippen molar-refractivity contribution in [3.8, 4) is 0 Å². The van der Waals surface area contributed by atoms with E-state index in [0.717, 1.165) is 0 Å². The molecule has 0 saturated carbocycles. The summed E-state index contributed by atoms with van der Waals surface area (Å²) < 4.78 is 33.1. The average Bonchev–Trinajstić information content (AvgIpc) is 3.57. The van der Waals surface area contributed by atoms with Gasteiger partial charge in [-0.3, -0.25) is 4.79 Å². The molecule has 3 fully saturated rings. The molecule has 0 aromatic heterocycles. The number of hydrogen-bond acceptors (Lipinski definition) is 10. The number of carbonyl (C=O) groups excluding carboxylic acids is 4. The fourth-order valence-corrected chi connectivity index (χ4v) is 4.66. The quantitative estimate of drug-likeness (QED) is 0.258. The fraction of sp³-hybridized carbons (Fsp3) is 0.652. The van der Waals surface area contributed by atoms with E-state index < -0.39 is 65.4 Å². The molecule has 10 heteroatoms. The summed E-state index contributed by atoms with van der Waals surface area (Å²) >= 11 is 0. The number of hydrogen-bond donors (Lipinski definition) is 0. The highest BCUT2D eigenvalue weighted by Gasteiger charge is 2.65. The Labute approximate surface area is 191 Å². The Hall–Kier alpha value is -2.72. The summed E-state index contributed by atoms with van der Waals surface area (Å²) in [7, 11) is 1.19. The summed E-state index contributed by atoms with van der Waals surface area (Å²) in [6.07, 6.45) is -1.86. The van der Waals surface area contributed by atoms with Gasteiger partial charge in [-0.2, -0.15) is 0 Å². The third kappa shape index (κ3) is 3.95. The van der Waals surface area contributed by atoms with E-state index >= 15 is 0 Å². The van der Waals surface area contributed by atoms with E-state index in [1.165, 1.54) is 14.0 Å². The lowest BCUT2D eigenvalue weighted by Crippen LogP contribution is -2.49. The van der Waals surface area contributed by atoms with Crippen LogP contribution in [0.1, 0.15) is 40.5 Å². The molecule has 3 heterocycles. The number of esters is 4. The second-order valence-corrected chi connectivity index (χ2v) is 9.23. The summed E-state index contributed by atoms with van der Waals surface area (Å²) in [6.45, 7) is 10.2. The van der Waals surface area contributed by atoms with Gasteiger partial charge in [0, 0.05) is 12.5 Å². The zero-order valence-electron chi connectivity index (χ0n) is 19.2. The zero-order chi connectivity index (χ0) is 24.3. The van der Waals surface area contributed by atoms with Gasteiger partial charge < -0.3 is 28.4 Å². The predicted molar refractivity (Wildman–Crippen MR) is 110 cm³/mol. The molecule has 0 radical (unpaired) electrons. The van der Waals surface area contributed by atoms with Gasteiger partial charge in [0.2, 0.25) is 0 Å². The van der Waals surface area contributed by atoms with Crippen LogP contribution in [-0.2, 0) is 47.6 Å². The van der Waals surface area contributed by atoms with Gasteiger partial charge in [-0.15, -0.1) is 0 Å². The van der Waals surface area contributed by atoms with E-state index in [-0.39, 0.29) is 17.3 Å². The highest BCUT2D eigenvalue weighted by atomic mass is 16.7. The molecule has 3 aliphatic heterocycles. The maximum atomic E-state index is 13.0. The van der Waals surface area contributed by atoms with Crippen LogP contribution in [-0.4, -0.2) is 72.7 Å². The van der Waals surface area contributed by atoms with E-state index in [4.69, 9.17) is 28.4 Å². The van der Waals surface area contributed by atoms with E-state index in [1.54, 1.807) is 19.9 Å². The lowest BCUT2D eigenvalue weighted by Gasteiger charge is -2.34. The molecule has 33 heavy (non-hydrogen) atoms. The summed E-state index contributed by atoms with van der Waals surface area (Å²) in [5, 5.41) is 0. The van der Waals surface area contributed by atoms with Crippen LogP contribution in [0, 0.1) is 5.92 Å². The van der Waals surface area contributed by atoms with Crippen LogP contribution in [0.25, 0.3) is 0 Å². The number of methoxy groups -OCH3 is 1. The minimum atomic E-state index is -1.39. The molecule has 4 rings (SSSR count).